The molecule has 0 radical (unpaired) electrons. The Bertz CT molecular complexity index is 706. The molecular formula is C18H28ClN3O3S. The van der Waals surface area contributed by atoms with Crippen LogP contribution in [0.15, 0.2) is 29.2 Å². The summed E-state index contributed by atoms with van der Waals surface area (Å²) in [4.78, 5) is 14.5. The van der Waals surface area contributed by atoms with E-state index >= 15 is 0 Å². The first-order valence-electron chi connectivity index (χ1n) is 8.95. The predicted octanol–water partition coefficient (Wildman–Crippen LogP) is 1.69. The average Bonchev–Trinajstić information content (AvgIpc) is 3.04. The highest BCUT2D eigenvalue weighted by Crippen LogP contribution is 2.36. The van der Waals surface area contributed by atoms with E-state index in [1.165, 1.54) is 6.42 Å². The van der Waals surface area contributed by atoms with Crippen LogP contribution in [0.25, 0.3) is 0 Å². The molecule has 0 bridgehead atoms. The number of sulfonamides is 1. The molecule has 6 nitrogen and oxygen atoms in total. The van der Waals surface area contributed by atoms with Gasteiger partial charge in [-0.05, 0) is 50.3 Å². The van der Waals surface area contributed by atoms with E-state index in [0.29, 0.717) is 5.41 Å². The number of hydrogen-bond acceptors (Lipinski definition) is 4. The van der Waals surface area contributed by atoms with E-state index in [-0.39, 0.29) is 36.2 Å². The monoisotopic (exact) mass is 401 g/mol. The SMILES string of the molecule is Cc1ccc(S(=O)(=O)NCCC(=O)N2CCC3(CCNC3)CC2)cc1.Cl. The number of piperidine rings is 1. The number of carbonyl (C=O) groups excluding carboxylic acids is 1. The summed E-state index contributed by atoms with van der Waals surface area (Å²) in [5, 5.41) is 3.42. The number of nitrogens with one attached hydrogen (secondary N) is 2. The van der Waals surface area contributed by atoms with E-state index in [4.69, 9.17) is 0 Å². The molecule has 0 atom stereocenters. The first kappa shape index (κ1) is 21.2. The molecule has 1 spiro atoms. The lowest BCUT2D eigenvalue weighted by Crippen LogP contribution is -2.44. The molecule has 146 valence electrons. The van der Waals surface area contributed by atoms with Gasteiger partial charge >= 0.3 is 0 Å². The Hall–Kier alpha value is -1.15. The number of amides is 1. The van der Waals surface area contributed by atoms with E-state index in [0.717, 1.165) is 44.6 Å². The van der Waals surface area contributed by atoms with Crippen LogP contribution in [-0.2, 0) is 14.8 Å². The second-order valence-electron chi connectivity index (χ2n) is 7.27. The highest BCUT2D eigenvalue weighted by molar-refractivity contribution is 7.89. The lowest BCUT2D eigenvalue weighted by Gasteiger charge is -2.39. The highest BCUT2D eigenvalue weighted by Gasteiger charge is 2.37. The summed E-state index contributed by atoms with van der Waals surface area (Å²) < 4.78 is 27.0. The fourth-order valence-corrected chi connectivity index (χ4v) is 4.74. The van der Waals surface area contributed by atoms with Crippen molar-refractivity contribution >= 4 is 28.3 Å². The van der Waals surface area contributed by atoms with Crippen LogP contribution in [0.4, 0.5) is 0 Å². The van der Waals surface area contributed by atoms with E-state index in [9.17, 15) is 13.2 Å². The largest absolute Gasteiger partial charge is 0.343 e. The van der Waals surface area contributed by atoms with Crippen molar-refractivity contribution in [2.45, 2.75) is 37.5 Å². The summed E-state index contributed by atoms with van der Waals surface area (Å²) in [5.74, 6) is 0.0346. The zero-order valence-electron chi connectivity index (χ0n) is 15.2. The van der Waals surface area contributed by atoms with Gasteiger partial charge in [0.15, 0.2) is 0 Å². The Morgan fingerprint density at radius 3 is 2.42 bits per heavy atom. The third-order valence-corrected chi connectivity index (χ3v) is 6.95. The van der Waals surface area contributed by atoms with E-state index < -0.39 is 10.0 Å². The van der Waals surface area contributed by atoms with Crippen molar-refractivity contribution in [1.29, 1.82) is 0 Å². The Balaban J connectivity index is 0.00000243. The Morgan fingerprint density at radius 2 is 1.85 bits per heavy atom. The van der Waals surface area contributed by atoms with Crippen LogP contribution in [0.1, 0.15) is 31.2 Å². The Labute approximate surface area is 162 Å². The van der Waals surface area contributed by atoms with Crippen LogP contribution in [0.3, 0.4) is 0 Å². The highest BCUT2D eigenvalue weighted by atomic mass is 35.5. The first-order chi connectivity index (χ1) is 11.9. The third kappa shape index (κ3) is 4.97. The number of carbonyl (C=O) groups is 1. The van der Waals surface area contributed by atoms with Crippen LogP contribution in [-0.4, -0.2) is 51.9 Å². The molecule has 26 heavy (non-hydrogen) atoms. The Morgan fingerprint density at radius 1 is 1.19 bits per heavy atom. The molecule has 0 saturated carbocycles. The van der Waals surface area contributed by atoms with Gasteiger partial charge in [0.25, 0.3) is 0 Å². The minimum absolute atomic E-state index is 0. The van der Waals surface area contributed by atoms with Gasteiger partial charge in [0, 0.05) is 32.6 Å². The molecule has 1 aromatic rings. The van der Waals surface area contributed by atoms with Gasteiger partial charge in [0.05, 0.1) is 4.90 Å². The molecule has 8 heteroatoms. The molecule has 2 fully saturated rings. The van der Waals surface area contributed by atoms with Crippen molar-refractivity contribution < 1.29 is 13.2 Å². The molecule has 0 unspecified atom stereocenters. The van der Waals surface area contributed by atoms with Crippen molar-refractivity contribution in [1.82, 2.24) is 14.9 Å². The van der Waals surface area contributed by atoms with Crippen LogP contribution in [0.5, 0.6) is 0 Å². The maximum Gasteiger partial charge on any atom is 0.240 e. The van der Waals surface area contributed by atoms with Crippen LogP contribution in [0, 0.1) is 12.3 Å². The average molecular weight is 402 g/mol. The molecule has 0 aromatic heterocycles. The molecule has 2 saturated heterocycles. The van der Waals surface area contributed by atoms with Gasteiger partial charge in [-0.3, -0.25) is 4.79 Å². The number of benzene rings is 1. The number of likely N-dealkylation sites (tertiary alicyclic amines) is 1. The van der Waals surface area contributed by atoms with Crippen molar-refractivity contribution in [3.05, 3.63) is 29.8 Å². The molecule has 3 rings (SSSR count). The lowest BCUT2D eigenvalue weighted by atomic mass is 9.78. The van der Waals surface area contributed by atoms with E-state index in [1.807, 2.05) is 11.8 Å². The fourth-order valence-electron chi connectivity index (χ4n) is 3.70. The first-order valence-corrected chi connectivity index (χ1v) is 10.4. The van der Waals surface area contributed by atoms with Gasteiger partial charge in [-0.15, -0.1) is 12.4 Å². The maximum absolute atomic E-state index is 12.3. The van der Waals surface area contributed by atoms with Crippen LogP contribution in [0.2, 0.25) is 0 Å². The molecular weight excluding hydrogens is 374 g/mol. The minimum atomic E-state index is -3.55. The number of halogens is 1. The smallest absolute Gasteiger partial charge is 0.240 e. The Kier molecular flexibility index (Phi) is 7.07. The number of rotatable bonds is 5. The van der Waals surface area contributed by atoms with Crippen molar-refractivity contribution in [3.63, 3.8) is 0 Å². The minimum Gasteiger partial charge on any atom is -0.343 e. The second kappa shape index (κ2) is 8.69. The van der Waals surface area contributed by atoms with Crippen molar-refractivity contribution in [2.24, 2.45) is 5.41 Å². The summed E-state index contributed by atoms with van der Waals surface area (Å²) in [5.41, 5.74) is 1.39. The number of hydrogen-bond donors (Lipinski definition) is 2. The lowest BCUT2D eigenvalue weighted by molar-refractivity contribution is -0.133. The van der Waals surface area contributed by atoms with Gasteiger partial charge in [-0.1, -0.05) is 17.7 Å². The van der Waals surface area contributed by atoms with Gasteiger partial charge < -0.3 is 10.2 Å². The summed E-state index contributed by atoms with van der Waals surface area (Å²) in [6, 6.07) is 6.70. The zero-order valence-corrected chi connectivity index (χ0v) is 16.8. The second-order valence-corrected chi connectivity index (χ2v) is 9.04. The molecule has 2 N–H and O–H groups in total. The normalized spacial score (nSPS) is 19.3. The molecule has 1 aromatic carbocycles. The summed E-state index contributed by atoms with van der Waals surface area (Å²) >= 11 is 0. The third-order valence-electron chi connectivity index (χ3n) is 5.47. The predicted molar refractivity (Wildman–Crippen MR) is 104 cm³/mol. The van der Waals surface area contributed by atoms with Crippen molar-refractivity contribution in [3.8, 4) is 0 Å². The van der Waals surface area contributed by atoms with Gasteiger partial charge in [0.1, 0.15) is 0 Å². The van der Waals surface area contributed by atoms with Gasteiger partial charge in [0.2, 0.25) is 15.9 Å². The van der Waals surface area contributed by atoms with Crippen molar-refractivity contribution in [2.75, 3.05) is 32.7 Å². The van der Waals surface area contributed by atoms with Gasteiger partial charge in [-0.2, -0.15) is 0 Å². The number of aryl methyl sites for hydroxylation is 1. The number of nitrogens with zero attached hydrogens (tertiary/aromatic N) is 1. The molecule has 2 heterocycles. The summed E-state index contributed by atoms with van der Waals surface area (Å²) in [6.45, 7) is 5.75. The maximum atomic E-state index is 12.3. The molecule has 2 aliphatic heterocycles. The quantitative estimate of drug-likeness (QED) is 0.786. The van der Waals surface area contributed by atoms with Gasteiger partial charge in [-0.25, -0.2) is 13.1 Å². The molecule has 1 amide bonds. The van der Waals surface area contributed by atoms with E-state index in [1.54, 1.807) is 24.3 Å². The molecule has 2 aliphatic rings. The summed E-state index contributed by atoms with van der Waals surface area (Å²) in [7, 11) is -3.55. The topological polar surface area (TPSA) is 78.5 Å². The van der Waals surface area contributed by atoms with Crippen LogP contribution < -0.4 is 10.0 Å². The van der Waals surface area contributed by atoms with E-state index in [2.05, 4.69) is 10.0 Å². The fraction of sp³-hybridized carbons (Fsp3) is 0.611. The van der Waals surface area contributed by atoms with Crippen LogP contribution >= 0.6 is 12.4 Å². The standard InChI is InChI=1S/C18H27N3O3S.ClH/c1-15-2-4-16(5-3-15)25(23,24)20-10-6-17(22)21-12-8-18(9-13-21)7-11-19-14-18;/h2-5,19-20H,6-14H2,1H3;1H. The zero-order chi connectivity index (χ0) is 17.9. The molecule has 0 aliphatic carbocycles. The summed E-state index contributed by atoms with van der Waals surface area (Å²) in [6.07, 6.45) is 3.49.